The monoisotopic (exact) mass is 866 g/mol. The summed E-state index contributed by atoms with van der Waals surface area (Å²) in [5.41, 5.74) is -0.809. The van der Waals surface area contributed by atoms with E-state index in [0.29, 0.717) is 0 Å². The van der Waals surface area contributed by atoms with Gasteiger partial charge in [-0.05, 0) is 85.8 Å². The third-order valence-corrected chi connectivity index (χ3v) is 10.2. The van der Waals surface area contributed by atoms with Gasteiger partial charge in [0.2, 0.25) is 0 Å². The quantitative estimate of drug-likeness (QED) is 0.0496. The molecular weight excluding hydrogens is 809 g/mol. The van der Waals surface area contributed by atoms with Crippen molar-refractivity contribution in [3.05, 3.63) is 58.7 Å². The molecule has 0 aliphatic heterocycles. The zero-order valence-corrected chi connectivity index (χ0v) is 38.3. The third kappa shape index (κ3) is 20.3. The van der Waals surface area contributed by atoms with E-state index in [-0.39, 0.29) is 110 Å². The molecule has 0 aromatic heterocycles. The summed E-state index contributed by atoms with van der Waals surface area (Å²) in [5, 5.41) is 0. The van der Waals surface area contributed by atoms with Crippen molar-refractivity contribution in [2.75, 3.05) is 26.4 Å². The fourth-order valence-corrected chi connectivity index (χ4v) is 6.53. The van der Waals surface area contributed by atoms with Gasteiger partial charge in [-0.25, -0.2) is 36.0 Å². The number of esters is 4. The average Bonchev–Trinajstić information content (AvgIpc) is 3.13. The number of rotatable bonds is 22. The van der Waals surface area contributed by atoms with Crippen LogP contribution in [0.25, 0.3) is 0 Å². The van der Waals surface area contributed by atoms with E-state index in [9.17, 15) is 45.1 Å². The zero-order chi connectivity index (χ0) is 42.6. The summed E-state index contributed by atoms with van der Waals surface area (Å²) in [5.74, 6) is -2.70. The topological polar surface area (TPSA) is 220 Å². The number of carbonyl (C=O) groups is 4. The van der Waals surface area contributed by atoms with Gasteiger partial charge in [-0.3, -0.25) is 0 Å². The fraction of sp³-hybridized carbons (Fsp3) is 0.600. The molecule has 0 bridgehead atoms. The summed E-state index contributed by atoms with van der Waals surface area (Å²) >= 11 is 0. The second-order valence-electron chi connectivity index (χ2n) is 14.3. The largest absolute Gasteiger partial charge is 2.00 e. The molecule has 0 heterocycles. The Hall–Kier alpha value is -2.60. The van der Waals surface area contributed by atoms with Gasteiger partial charge in [-0.15, -0.1) is 0 Å². The Morgan fingerprint density at radius 2 is 0.702 bits per heavy atom. The molecule has 57 heavy (non-hydrogen) atoms. The molecule has 0 spiro atoms. The molecule has 4 atom stereocenters. The van der Waals surface area contributed by atoms with E-state index >= 15 is 0 Å². The Morgan fingerprint density at radius 3 is 0.912 bits per heavy atom. The molecule has 0 radical (unpaired) electrons. The normalized spacial score (nSPS) is 13.4. The summed E-state index contributed by atoms with van der Waals surface area (Å²) in [6.07, 6.45) is 7.21. The predicted octanol–water partition coefficient (Wildman–Crippen LogP) is 7.17. The van der Waals surface area contributed by atoms with E-state index in [4.69, 9.17) is 18.9 Å². The maximum Gasteiger partial charge on any atom is 2.00 e. The van der Waals surface area contributed by atoms with Crippen LogP contribution >= 0.6 is 0 Å². The average molecular weight is 867 g/mol. The standard InChI is InChI=1S/2C20H30O7S.Ca/c2*1-5-7-14(3)12-26-19(21)17-10-9-16(28(23,24)25)11-18(17)20(22)27-13-15(4)8-6-2;/h2*9-11,14-15H,5-8,12-13H2,1-4H3,(H,23,24,25);/q;;+2/p-2. The van der Waals surface area contributed by atoms with Gasteiger partial charge in [0.15, 0.2) is 0 Å². The van der Waals surface area contributed by atoms with Crippen LogP contribution in [0.2, 0.25) is 0 Å². The Kier molecular flexibility index (Phi) is 26.0. The number of carbonyl (C=O) groups excluding carboxylic acids is 4. The molecule has 14 nitrogen and oxygen atoms in total. The first kappa shape index (κ1) is 54.4. The van der Waals surface area contributed by atoms with Crippen molar-refractivity contribution in [2.24, 2.45) is 23.7 Å². The molecule has 17 heteroatoms. The van der Waals surface area contributed by atoms with Crippen LogP contribution in [-0.4, -0.2) is 114 Å². The van der Waals surface area contributed by atoms with Crippen LogP contribution in [0.4, 0.5) is 0 Å². The maximum atomic E-state index is 12.5. The number of benzene rings is 2. The summed E-state index contributed by atoms with van der Waals surface area (Å²) in [4.78, 5) is 48.6. The van der Waals surface area contributed by atoms with E-state index in [1.807, 2.05) is 55.4 Å². The Labute approximate surface area is 368 Å². The van der Waals surface area contributed by atoms with Gasteiger partial charge in [-0.1, -0.05) is 81.1 Å². The van der Waals surface area contributed by atoms with Gasteiger partial charge in [0.05, 0.1) is 58.5 Å². The molecule has 0 saturated heterocycles. The van der Waals surface area contributed by atoms with Gasteiger partial charge < -0.3 is 28.1 Å². The minimum Gasteiger partial charge on any atom is -0.744 e. The number of ether oxygens (including phenoxy) is 4. The number of hydrogen-bond donors (Lipinski definition) is 0. The second kappa shape index (κ2) is 27.2. The molecule has 0 aliphatic rings. The van der Waals surface area contributed by atoms with Crippen molar-refractivity contribution >= 4 is 81.9 Å². The minimum atomic E-state index is -4.78. The van der Waals surface area contributed by atoms with Gasteiger partial charge in [0, 0.05) is 0 Å². The second-order valence-corrected chi connectivity index (χ2v) is 17.1. The Morgan fingerprint density at radius 1 is 0.474 bits per heavy atom. The first-order valence-electron chi connectivity index (χ1n) is 19.1. The molecule has 0 aliphatic carbocycles. The Balaban J connectivity index is 0.00000108. The van der Waals surface area contributed by atoms with Crippen molar-refractivity contribution in [1.29, 1.82) is 0 Å². The van der Waals surface area contributed by atoms with Crippen molar-refractivity contribution in [3.8, 4) is 0 Å². The molecule has 2 aromatic carbocycles. The minimum absolute atomic E-state index is 0. The van der Waals surface area contributed by atoms with Gasteiger partial charge in [0.1, 0.15) is 20.2 Å². The molecule has 2 aromatic rings. The van der Waals surface area contributed by atoms with Crippen LogP contribution in [0.15, 0.2) is 46.2 Å². The third-order valence-electron chi connectivity index (χ3n) is 8.56. The van der Waals surface area contributed by atoms with Crippen LogP contribution in [0, 0.1) is 23.7 Å². The van der Waals surface area contributed by atoms with E-state index in [0.717, 1.165) is 87.8 Å². The van der Waals surface area contributed by atoms with Crippen molar-refractivity contribution in [1.82, 2.24) is 0 Å². The van der Waals surface area contributed by atoms with E-state index in [1.165, 1.54) is 0 Å². The molecular formula is C40H58CaO14S2. The van der Waals surface area contributed by atoms with Crippen molar-refractivity contribution < 1.29 is 64.1 Å². The zero-order valence-electron chi connectivity index (χ0n) is 34.5. The van der Waals surface area contributed by atoms with Crippen LogP contribution in [0.1, 0.15) is 148 Å². The summed E-state index contributed by atoms with van der Waals surface area (Å²) in [6, 6.07) is 5.96. The molecule has 0 fully saturated rings. The van der Waals surface area contributed by atoms with Gasteiger partial charge in [-0.2, -0.15) is 0 Å². The predicted molar refractivity (Wildman–Crippen MR) is 212 cm³/mol. The first-order valence-corrected chi connectivity index (χ1v) is 21.9. The van der Waals surface area contributed by atoms with E-state index < -0.39 is 53.9 Å². The van der Waals surface area contributed by atoms with E-state index in [1.54, 1.807) is 0 Å². The van der Waals surface area contributed by atoms with Crippen LogP contribution in [-0.2, 0) is 39.2 Å². The molecule has 4 unspecified atom stereocenters. The molecule has 316 valence electrons. The maximum absolute atomic E-state index is 12.5. The fourth-order valence-electron chi connectivity index (χ4n) is 5.54. The Bertz CT molecular complexity index is 1680. The van der Waals surface area contributed by atoms with Gasteiger partial charge >= 0.3 is 61.6 Å². The van der Waals surface area contributed by atoms with Crippen LogP contribution in [0.3, 0.4) is 0 Å². The molecule has 0 N–H and O–H groups in total. The van der Waals surface area contributed by atoms with Crippen LogP contribution < -0.4 is 0 Å². The first-order chi connectivity index (χ1) is 26.2. The molecule has 0 saturated carbocycles. The van der Waals surface area contributed by atoms with Crippen molar-refractivity contribution in [2.45, 2.75) is 117 Å². The SMILES string of the molecule is CCCC(C)COC(=O)c1ccc(S(=O)(=O)[O-])cc1C(=O)OCC(C)CCC.CCCC(C)COC(=O)c1ccc(S(=O)(=O)[O-])cc1C(=O)OCC(C)CCC.[Ca+2]. The summed E-state index contributed by atoms with van der Waals surface area (Å²) in [6.45, 7) is 16.4. The molecule has 0 amide bonds. The van der Waals surface area contributed by atoms with Crippen molar-refractivity contribution in [3.63, 3.8) is 0 Å². The summed E-state index contributed by atoms with van der Waals surface area (Å²) < 4.78 is 88.8. The molecule has 2 rings (SSSR count). The number of hydrogen-bond acceptors (Lipinski definition) is 14. The van der Waals surface area contributed by atoms with Gasteiger partial charge in [0.25, 0.3) is 0 Å². The van der Waals surface area contributed by atoms with E-state index in [2.05, 4.69) is 0 Å². The summed E-state index contributed by atoms with van der Waals surface area (Å²) in [7, 11) is -9.57. The van der Waals surface area contributed by atoms with Crippen LogP contribution in [0.5, 0.6) is 0 Å². The smallest absolute Gasteiger partial charge is 0.744 e.